The molecule has 0 bridgehead atoms. The molecule has 5 N–H and O–H groups in total. The van der Waals surface area contributed by atoms with Gasteiger partial charge in [0.2, 0.25) is 5.91 Å². The Morgan fingerprint density at radius 2 is 1.85 bits per heavy atom. The van der Waals surface area contributed by atoms with Crippen LogP contribution in [0.25, 0.3) is 11.1 Å². The highest BCUT2D eigenvalue weighted by atomic mass is 19.1. The van der Waals surface area contributed by atoms with Crippen molar-refractivity contribution in [2.75, 3.05) is 59.3 Å². The van der Waals surface area contributed by atoms with Gasteiger partial charge in [-0.25, -0.2) is 4.39 Å². The Morgan fingerprint density at radius 1 is 1.15 bits per heavy atom. The van der Waals surface area contributed by atoms with E-state index in [1.165, 1.54) is 5.06 Å². The molecule has 4 rings (SSSR count). The Labute approximate surface area is 286 Å². The Kier molecular flexibility index (Phi) is 12.3. The minimum atomic E-state index is -0.879. The van der Waals surface area contributed by atoms with Gasteiger partial charge in [0.1, 0.15) is 11.9 Å². The quantitative estimate of drug-likeness (QED) is 0.240. The fraction of sp³-hybridized carbons (Fsp3) is 0.622. The summed E-state index contributed by atoms with van der Waals surface area (Å²) in [6, 6.07) is 9.57. The van der Waals surface area contributed by atoms with Crippen LogP contribution in [0.4, 0.5) is 10.1 Å². The number of carbonyl (C=O) groups excluding carboxylic acids is 2. The number of aliphatic hydroxyl groups is 1. The summed E-state index contributed by atoms with van der Waals surface area (Å²) >= 11 is 0. The van der Waals surface area contributed by atoms with Crippen molar-refractivity contribution in [3.8, 4) is 11.1 Å². The molecule has 7 atom stereocenters. The third-order valence-electron chi connectivity index (χ3n) is 10.8. The van der Waals surface area contributed by atoms with Gasteiger partial charge in [0.25, 0.3) is 5.91 Å². The summed E-state index contributed by atoms with van der Waals surface area (Å²) in [4.78, 5) is 37.0. The van der Waals surface area contributed by atoms with Crippen LogP contribution in [0.1, 0.15) is 57.0 Å². The van der Waals surface area contributed by atoms with Crippen LogP contribution in [-0.2, 0) is 16.2 Å². The van der Waals surface area contributed by atoms with Gasteiger partial charge in [-0.15, -0.1) is 0 Å². The van der Waals surface area contributed by atoms with Gasteiger partial charge in [-0.05, 0) is 74.4 Å². The predicted octanol–water partition coefficient (Wildman–Crippen LogP) is 3.72. The van der Waals surface area contributed by atoms with Crippen LogP contribution < -0.4 is 21.3 Å². The largest absolute Gasteiger partial charge is 0.393 e. The predicted molar refractivity (Wildman–Crippen MR) is 189 cm³/mol. The minimum absolute atomic E-state index is 0.0363. The molecule has 1 aliphatic carbocycles. The third-order valence-corrected chi connectivity index (χ3v) is 10.8. The number of nitrogens with one attached hydrogen (secondary N) is 2. The van der Waals surface area contributed by atoms with Crippen molar-refractivity contribution in [3.05, 3.63) is 53.3 Å². The lowest BCUT2D eigenvalue weighted by atomic mass is 9.52. The van der Waals surface area contributed by atoms with E-state index in [-0.39, 0.29) is 36.2 Å². The van der Waals surface area contributed by atoms with Crippen molar-refractivity contribution in [2.24, 2.45) is 34.8 Å². The number of nitrogens with zero attached hydrogens (tertiary/aromatic N) is 3. The Bertz CT molecular complexity index is 1430. The zero-order chi connectivity index (χ0) is 35.5. The first-order valence-electron chi connectivity index (χ1n) is 17.2. The van der Waals surface area contributed by atoms with Gasteiger partial charge in [0, 0.05) is 68.6 Å². The number of halogens is 1. The zero-order valence-electron chi connectivity index (χ0n) is 30.2. The Balaban J connectivity index is 1.59. The van der Waals surface area contributed by atoms with Crippen LogP contribution in [0.3, 0.4) is 0 Å². The average molecular weight is 669 g/mol. The second kappa shape index (κ2) is 15.6. The van der Waals surface area contributed by atoms with Crippen LogP contribution in [0, 0.1) is 34.9 Å². The molecule has 266 valence electrons. The summed E-state index contributed by atoms with van der Waals surface area (Å²) in [5.41, 5.74) is 8.65. The van der Waals surface area contributed by atoms with Gasteiger partial charge in [-0.3, -0.25) is 14.4 Å². The van der Waals surface area contributed by atoms with Crippen LogP contribution in [0.15, 0.2) is 36.4 Å². The number of carbonyl (C=O) groups is 2. The molecule has 2 fully saturated rings. The molecule has 1 aliphatic heterocycles. The maximum absolute atomic E-state index is 16.4. The van der Waals surface area contributed by atoms with E-state index in [0.717, 1.165) is 12.1 Å². The lowest BCUT2D eigenvalue weighted by Crippen LogP contribution is -2.52. The fourth-order valence-corrected chi connectivity index (χ4v) is 7.33. The van der Waals surface area contributed by atoms with Gasteiger partial charge in [-0.1, -0.05) is 45.9 Å². The molecule has 0 radical (unpaired) electrons. The average Bonchev–Trinajstić information content (AvgIpc) is 3.41. The summed E-state index contributed by atoms with van der Waals surface area (Å²) in [5, 5.41) is 18.3. The summed E-state index contributed by atoms with van der Waals surface area (Å²) in [6.45, 7) is 12.4. The monoisotopic (exact) mass is 668 g/mol. The SMILES string of the molecule is C[C@H](O)[C@@H]1[C@H](CN)ON(Cc2cccc(-c3cc(C(=O)NCCN(C)C)cc(N(C)C)c3)c2F)[C@@H]1C(=O)NC[C@@H](C)[C@@H]1C[C@H](C)C1(C)C. The second-order valence-electron chi connectivity index (χ2n) is 15.0. The van der Waals surface area contributed by atoms with Crippen molar-refractivity contribution in [1.82, 2.24) is 20.6 Å². The van der Waals surface area contributed by atoms with Crippen molar-refractivity contribution in [1.29, 1.82) is 0 Å². The smallest absolute Gasteiger partial charge is 0.251 e. The molecule has 2 aliphatic rings. The van der Waals surface area contributed by atoms with Gasteiger partial charge >= 0.3 is 0 Å². The van der Waals surface area contributed by atoms with Crippen LogP contribution in [0.5, 0.6) is 0 Å². The molecule has 1 saturated heterocycles. The molecule has 2 aromatic carbocycles. The molecule has 2 aromatic rings. The van der Waals surface area contributed by atoms with Crippen LogP contribution >= 0.6 is 0 Å². The molecule has 11 heteroatoms. The van der Waals surface area contributed by atoms with Gasteiger partial charge in [0.15, 0.2) is 0 Å². The normalized spacial score (nSPS) is 25.0. The Morgan fingerprint density at radius 3 is 2.44 bits per heavy atom. The molecule has 0 aromatic heterocycles. The zero-order valence-corrected chi connectivity index (χ0v) is 30.2. The number of rotatable bonds is 14. The number of anilines is 1. The molecule has 48 heavy (non-hydrogen) atoms. The molecule has 1 saturated carbocycles. The van der Waals surface area contributed by atoms with Crippen molar-refractivity contribution >= 4 is 17.5 Å². The van der Waals surface area contributed by atoms with E-state index in [0.29, 0.717) is 53.7 Å². The number of amides is 2. The van der Waals surface area contributed by atoms with Crippen LogP contribution in [0.2, 0.25) is 0 Å². The first-order valence-corrected chi connectivity index (χ1v) is 17.2. The maximum atomic E-state index is 16.4. The standard InChI is InChI=1S/C37H57FN6O4/c1-22(30-15-23(2)37(30,4)5)20-41-36(47)34-32(24(3)45)31(19-39)48-44(34)21-25-11-10-12-29(33(25)38)26-16-27(18-28(17-26)43(8)9)35(46)40-13-14-42(6)7/h10-12,16-18,22-24,30-32,34,45H,13-15,19-21,39H2,1-9H3,(H,40,46)(H,41,47)/t22-,23+,24+,30+,31+,32-,34+/m1/s1. The number of hydroxylamine groups is 2. The van der Waals surface area contributed by atoms with E-state index in [1.807, 2.05) is 44.1 Å². The molecule has 10 nitrogen and oxygen atoms in total. The highest BCUT2D eigenvalue weighted by Crippen LogP contribution is 2.54. The van der Waals surface area contributed by atoms with Crippen molar-refractivity contribution < 1.29 is 23.9 Å². The van der Waals surface area contributed by atoms with E-state index >= 15 is 4.39 Å². The minimum Gasteiger partial charge on any atom is -0.393 e. The number of aliphatic hydroxyl groups excluding tert-OH is 1. The highest BCUT2D eigenvalue weighted by Gasteiger charge is 2.50. The molecule has 1 heterocycles. The number of likely N-dealkylation sites (N-methyl/N-ethyl adjacent to an activating group) is 1. The Hall–Kier alpha value is -3.09. The van der Waals surface area contributed by atoms with E-state index in [9.17, 15) is 14.7 Å². The van der Waals surface area contributed by atoms with Crippen molar-refractivity contribution in [3.63, 3.8) is 0 Å². The molecule has 2 amide bonds. The number of hydrogen-bond acceptors (Lipinski definition) is 8. The first-order chi connectivity index (χ1) is 22.6. The van der Waals surface area contributed by atoms with Gasteiger partial charge in [0.05, 0.1) is 18.8 Å². The van der Waals surface area contributed by atoms with E-state index in [4.69, 9.17) is 10.6 Å². The van der Waals surface area contributed by atoms with E-state index in [1.54, 1.807) is 37.3 Å². The van der Waals surface area contributed by atoms with E-state index < -0.39 is 30.0 Å². The molecule has 0 spiro atoms. The molecular weight excluding hydrogens is 611 g/mol. The summed E-state index contributed by atoms with van der Waals surface area (Å²) in [5.74, 6) is -0.165. The van der Waals surface area contributed by atoms with E-state index in [2.05, 4.69) is 38.3 Å². The number of hydrogen-bond donors (Lipinski definition) is 4. The second-order valence-corrected chi connectivity index (χ2v) is 15.0. The van der Waals surface area contributed by atoms with Gasteiger partial charge in [-0.2, -0.15) is 5.06 Å². The number of nitrogens with two attached hydrogens (primary N) is 1. The lowest BCUT2D eigenvalue weighted by Gasteiger charge is -2.53. The highest BCUT2D eigenvalue weighted by molar-refractivity contribution is 5.97. The lowest BCUT2D eigenvalue weighted by molar-refractivity contribution is -0.174. The topological polar surface area (TPSA) is 123 Å². The van der Waals surface area contributed by atoms with Gasteiger partial charge < -0.3 is 31.3 Å². The number of benzene rings is 2. The molecular formula is C37H57FN6O4. The summed E-state index contributed by atoms with van der Waals surface area (Å²) in [6.07, 6.45) is -0.360. The van der Waals surface area contributed by atoms with Crippen molar-refractivity contribution in [2.45, 2.75) is 65.8 Å². The van der Waals surface area contributed by atoms with Crippen LogP contribution in [-0.4, -0.2) is 99.5 Å². The first kappa shape index (κ1) is 37.7. The fourth-order valence-electron chi connectivity index (χ4n) is 7.33. The maximum Gasteiger partial charge on any atom is 0.251 e. The third kappa shape index (κ3) is 8.19. The molecule has 0 unspecified atom stereocenters. The summed E-state index contributed by atoms with van der Waals surface area (Å²) < 4.78 is 16.4. The summed E-state index contributed by atoms with van der Waals surface area (Å²) in [7, 11) is 7.62.